The lowest BCUT2D eigenvalue weighted by molar-refractivity contribution is 0.0930. The first-order valence-electron chi connectivity index (χ1n) is 7.09. The predicted octanol–water partition coefficient (Wildman–Crippen LogP) is 2.79. The van der Waals surface area contributed by atoms with Crippen LogP contribution in [-0.2, 0) is 13.0 Å². The third kappa shape index (κ3) is 4.08. The highest BCUT2D eigenvalue weighted by molar-refractivity contribution is 6.18. The van der Waals surface area contributed by atoms with E-state index in [-0.39, 0.29) is 11.9 Å². The smallest absolute Gasteiger partial charge is 0.269 e. The van der Waals surface area contributed by atoms with E-state index in [9.17, 15) is 4.79 Å². The van der Waals surface area contributed by atoms with Gasteiger partial charge in [-0.25, -0.2) is 0 Å². The van der Waals surface area contributed by atoms with Crippen molar-refractivity contribution >= 4 is 17.5 Å². The van der Waals surface area contributed by atoms with Gasteiger partial charge in [0.2, 0.25) is 0 Å². The quantitative estimate of drug-likeness (QED) is 0.834. The minimum absolute atomic E-state index is 0.0953. The van der Waals surface area contributed by atoms with E-state index in [2.05, 4.69) is 10.4 Å². The predicted molar refractivity (Wildman–Crippen MR) is 84.8 cm³/mol. The van der Waals surface area contributed by atoms with Crippen LogP contribution in [0.5, 0.6) is 0 Å². The van der Waals surface area contributed by atoms with Crippen LogP contribution in [0.2, 0.25) is 0 Å². The molecule has 0 spiro atoms. The van der Waals surface area contributed by atoms with E-state index in [0.717, 1.165) is 17.7 Å². The molecule has 5 heteroatoms. The molecule has 1 heterocycles. The van der Waals surface area contributed by atoms with Crippen LogP contribution in [0.15, 0.2) is 36.4 Å². The molecule has 21 heavy (non-hydrogen) atoms. The minimum atomic E-state index is -0.126. The third-order valence-electron chi connectivity index (χ3n) is 3.28. The summed E-state index contributed by atoms with van der Waals surface area (Å²) in [5, 5.41) is 7.28. The molecule has 0 saturated heterocycles. The molecule has 2 aromatic rings. The number of benzene rings is 1. The van der Waals surface area contributed by atoms with Gasteiger partial charge < -0.3 is 5.32 Å². The van der Waals surface area contributed by atoms with Crippen molar-refractivity contribution in [3.05, 3.63) is 53.3 Å². The topological polar surface area (TPSA) is 46.9 Å². The van der Waals surface area contributed by atoms with E-state index in [0.29, 0.717) is 18.1 Å². The van der Waals surface area contributed by atoms with E-state index < -0.39 is 0 Å². The van der Waals surface area contributed by atoms with Crippen LogP contribution in [0.25, 0.3) is 0 Å². The minimum Gasteiger partial charge on any atom is -0.346 e. The first-order valence-corrected chi connectivity index (χ1v) is 7.62. The first-order chi connectivity index (χ1) is 10.1. The summed E-state index contributed by atoms with van der Waals surface area (Å²) in [5.74, 6) is 0.249. The summed E-state index contributed by atoms with van der Waals surface area (Å²) < 4.78 is 1.71. The van der Waals surface area contributed by atoms with Crippen molar-refractivity contribution in [1.82, 2.24) is 15.1 Å². The number of nitrogens with zero attached hydrogens (tertiary/aromatic N) is 2. The number of hydrogen-bond acceptors (Lipinski definition) is 2. The maximum Gasteiger partial charge on any atom is 0.269 e. The number of rotatable bonds is 6. The van der Waals surface area contributed by atoms with Crippen molar-refractivity contribution in [3.63, 3.8) is 0 Å². The van der Waals surface area contributed by atoms with Gasteiger partial charge >= 0.3 is 0 Å². The van der Waals surface area contributed by atoms with Crippen LogP contribution in [-0.4, -0.2) is 27.6 Å². The number of amides is 1. The molecule has 112 valence electrons. The molecule has 4 nitrogen and oxygen atoms in total. The van der Waals surface area contributed by atoms with Crippen molar-refractivity contribution in [2.75, 3.05) is 5.88 Å². The molecule has 1 aromatic heterocycles. The zero-order valence-electron chi connectivity index (χ0n) is 12.3. The monoisotopic (exact) mass is 305 g/mol. The number of alkyl halides is 1. The van der Waals surface area contributed by atoms with E-state index >= 15 is 0 Å². The molecule has 0 radical (unpaired) electrons. The number of carbonyl (C=O) groups is 1. The summed E-state index contributed by atoms with van der Waals surface area (Å²) in [6, 6.07) is 11.7. The molecule has 0 aliphatic heterocycles. The Morgan fingerprint density at radius 2 is 2.10 bits per heavy atom. The fourth-order valence-corrected chi connectivity index (χ4v) is 2.46. The van der Waals surface area contributed by atoms with Gasteiger partial charge in [0.15, 0.2) is 0 Å². The molecule has 1 N–H and O–H groups in total. The van der Waals surface area contributed by atoms with Gasteiger partial charge in [-0.05, 0) is 31.9 Å². The molecule has 1 unspecified atom stereocenters. The lowest BCUT2D eigenvalue weighted by Gasteiger charge is -2.16. The molecule has 0 saturated carbocycles. The average molecular weight is 306 g/mol. The fourth-order valence-electron chi connectivity index (χ4n) is 2.27. The molecule has 2 rings (SSSR count). The average Bonchev–Trinajstić information content (AvgIpc) is 2.88. The highest BCUT2D eigenvalue weighted by atomic mass is 35.5. The van der Waals surface area contributed by atoms with Gasteiger partial charge in [0.05, 0.1) is 5.69 Å². The van der Waals surface area contributed by atoms with Crippen molar-refractivity contribution in [2.45, 2.75) is 32.9 Å². The molecule has 1 amide bonds. The van der Waals surface area contributed by atoms with Crippen LogP contribution in [0.1, 0.15) is 28.7 Å². The Morgan fingerprint density at radius 1 is 1.38 bits per heavy atom. The zero-order valence-corrected chi connectivity index (χ0v) is 13.1. The molecule has 0 aliphatic rings. The standard InChI is InChI=1S/C16H20ClN3O/c1-3-20-15(9-12(2)19-20)16(21)18-14(11-17)10-13-7-5-4-6-8-13/h4-9,14H,3,10-11H2,1-2H3,(H,18,21). The Labute approximate surface area is 130 Å². The van der Waals surface area contributed by atoms with E-state index in [4.69, 9.17) is 11.6 Å². The third-order valence-corrected chi connectivity index (χ3v) is 3.65. The Balaban J connectivity index is 2.05. The van der Waals surface area contributed by atoms with Gasteiger partial charge in [-0.3, -0.25) is 9.48 Å². The van der Waals surface area contributed by atoms with Gasteiger partial charge in [-0.1, -0.05) is 30.3 Å². The second-order valence-electron chi connectivity index (χ2n) is 5.00. The molecular formula is C16H20ClN3O. The summed E-state index contributed by atoms with van der Waals surface area (Å²) in [5.41, 5.74) is 2.58. The highest BCUT2D eigenvalue weighted by Crippen LogP contribution is 2.08. The van der Waals surface area contributed by atoms with E-state index in [1.165, 1.54) is 0 Å². The summed E-state index contributed by atoms with van der Waals surface area (Å²) in [6.07, 6.45) is 0.718. The summed E-state index contributed by atoms with van der Waals surface area (Å²) >= 11 is 5.99. The van der Waals surface area contributed by atoms with Gasteiger partial charge in [-0.2, -0.15) is 5.10 Å². The van der Waals surface area contributed by atoms with Crippen molar-refractivity contribution in [1.29, 1.82) is 0 Å². The van der Waals surface area contributed by atoms with Gasteiger partial charge in [-0.15, -0.1) is 11.6 Å². The van der Waals surface area contributed by atoms with E-state index in [1.807, 2.05) is 44.2 Å². The fraction of sp³-hybridized carbons (Fsp3) is 0.375. The Hall–Kier alpha value is -1.81. The molecule has 0 fully saturated rings. The molecule has 0 bridgehead atoms. The maximum atomic E-state index is 12.4. The molecular weight excluding hydrogens is 286 g/mol. The Kier molecular flexibility index (Phi) is 5.39. The van der Waals surface area contributed by atoms with Crippen molar-refractivity contribution in [2.24, 2.45) is 0 Å². The number of hydrogen-bond donors (Lipinski definition) is 1. The second kappa shape index (κ2) is 7.27. The van der Waals surface area contributed by atoms with Crippen LogP contribution < -0.4 is 5.32 Å². The van der Waals surface area contributed by atoms with Gasteiger partial charge in [0.25, 0.3) is 5.91 Å². The maximum absolute atomic E-state index is 12.4. The molecule has 0 aliphatic carbocycles. The van der Waals surface area contributed by atoms with Crippen molar-refractivity contribution in [3.8, 4) is 0 Å². The SMILES string of the molecule is CCn1nc(C)cc1C(=O)NC(CCl)Cc1ccccc1. The summed E-state index contributed by atoms with van der Waals surface area (Å²) in [7, 11) is 0. The molecule has 1 aromatic carbocycles. The van der Waals surface area contributed by atoms with Crippen LogP contribution in [0.3, 0.4) is 0 Å². The highest BCUT2D eigenvalue weighted by Gasteiger charge is 2.17. The summed E-state index contributed by atoms with van der Waals surface area (Å²) in [6.45, 7) is 4.51. The van der Waals surface area contributed by atoms with Gasteiger partial charge in [0, 0.05) is 18.5 Å². The first kappa shape index (κ1) is 15.6. The lowest BCUT2D eigenvalue weighted by Crippen LogP contribution is -2.38. The second-order valence-corrected chi connectivity index (χ2v) is 5.31. The van der Waals surface area contributed by atoms with E-state index in [1.54, 1.807) is 10.7 Å². The van der Waals surface area contributed by atoms with Crippen LogP contribution >= 0.6 is 11.6 Å². The normalized spacial score (nSPS) is 12.1. The summed E-state index contributed by atoms with van der Waals surface area (Å²) in [4.78, 5) is 12.4. The Bertz CT molecular complexity index is 595. The van der Waals surface area contributed by atoms with Crippen molar-refractivity contribution < 1.29 is 4.79 Å². The number of aromatic nitrogens is 2. The Morgan fingerprint density at radius 3 is 2.71 bits per heavy atom. The van der Waals surface area contributed by atoms with Crippen LogP contribution in [0.4, 0.5) is 0 Å². The van der Waals surface area contributed by atoms with Crippen LogP contribution in [0, 0.1) is 6.92 Å². The number of aryl methyl sites for hydroxylation is 2. The number of nitrogens with one attached hydrogen (secondary N) is 1. The largest absolute Gasteiger partial charge is 0.346 e. The molecule has 1 atom stereocenters. The zero-order chi connectivity index (χ0) is 15.2. The number of halogens is 1. The van der Waals surface area contributed by atoms with Gasteiger partial charge in [0.1, 0.15) is 5.69 Å². The lowest BCUT2D eigenvalue weighted by atomic mass is 10.1. The number of carbonyl (C=O) groups excluding carboxylic acids is 1.